The summed E-state index contributed by atoms with van der Waals surface area (Å²) in [7, 11) is -0.769. The molecule has 1 fully saturated rings. The molecule has 0 radical (unpaired) electrons. The first-order valence-electron chi connectivity index (χ1n) is 12.2. The van der Waals surface area contributed by atoms with E-state index in [0.717, 1.165) is 24.5 Å². The molecule has 4 rings (SSSR count). The van der Waals surface area contributed by atoms with Gasteiger partial charge in [-0.25, -0.2) is 27.2 Å². The molecule has 0 spiro atoms. The molecule has 39 heavy (non-hydrogen) atoms. The summed E-state index contributed by atoms with van der Waals surface area (Å²) >= 11 is 0. The normalized spacial score (nSPS) is 18.4. The maximum Gasteiger partial charge on any atom is 0.416 e. The molecule has 0 amide bonds. The van der Waals surface area contributed by atoms with Crippen molar-refractivity contribution in [2.24, 2.45) is 0 Å². The Kier molecular flexibility index (Phi) is 8.12. The number of rotatable bonds is 8. The summed E-state index contributed by atoms with van der Waals surface area (Å²) in [6, 6.07) is 7.95. The van der Waals surface area contributed by atoms with Gasteiger partial charge in [0.25, 0.3) is 10.0 Å². The van der Waals surface area contributed by atoms with Gasteiger partial charge in [0, 0.05) is 30.9 Å². The van der Waals surface area contributed by atoms with E-state index in [2.05, 4.69) is 14.7 Å². The summed E-state index contributed by atoms with van der Waals surface area (Å²) in [5, 5.41) is 0. The van der Waals surface area contributed by atoms with Crippen molar-refractivity contribution in [1.82, 2.24) is 14.9 Å². The summed E-state index contributed by atoms with van der Waals surface area (Å²) in [6.45, 7) is 0.682. The second-order valence-electron chi connectivity index (χ2n) is 9.78. The van der Waals surface area contributed by atoms with Gasteiger partial charge in [-0.05, 0) is 63.5 Å². The molecule has 0 aliphatic carbocycles. The number of piperidine rings is 1. The van der Waals surface area contributed by atoms with Crippen LogP contribution in [0.4, 0.5) is 33.5 Å². The number of aryl methyl sites for hydroxylation is 1. The number of likely N-dealkylation sites (N-methyl/N-ethyl adjacent to an activating group) is 1. The van der Waals surface area contributed by atoms with Crippen molar-refractivity contribution in [1.29, 1.82) is 0 Å². The van der Waals surface area contributed by atoms with E-state index in [1.807, 2.05) is 19.0 Å². The topological polar surface area (TPSA) is 78.4 Å². The Labute approximate surface area is 223 Å². The van der Waals surface area contributed by atoms with Crippen molar-refractivity contribution < 1.29 is 30.4 Å². The molecular formula is C26H28F5N5O2S. The molecule has 13 heteroatoms. The Morgan fingerprint density at radius 1 is 1.10 bits per heavy atom. The quantitative estimate of drug-likeness (QED) is 0.380. The zero-order valence-corrected chi connectivity index (χ0v) is 22.2. The number of hydrogen-bond acceptors (Lipinski definition) is 6. The molecule has 0 saturated carbocycles. The fraction of sp³-hybridized carbons (Fsp3) is 0.385. The lowest BCUT2D eigenvalue weighted by atomic mass is 9.82. The summed E-state index contributed by atoms with van der Waals surface area (Å²) in [5.74, 6) is -2.13. The molecule has 7 nitrogen and oxygen atoms in total. The Morgan fingerprint density at radius 2 is 1.87 bits per heavy atom. The van der Waals surface area contributed by atoms with E-state index in [0.29, 0.717) is 43.9 Å². The third-order valence-electron chi connectivity index (χ3n) is 7.09. The highest BCUT2D eigenvalue weighted by Gasteiger charge is 2.39. The zero-order valence-electron chi connectivity index (χ0n) is 21.3. The molecule has 1 aliphatic rings. The second kappa shape index (κ2) is 11.0. The standard InChI is InChI=1S/C26H28F5N5O2S/c1-35(2)25(10-7-18-5-3-6-19(13-18)26(29,30)31)9-4-12-36(16-25)22-14-21(28)23(15-20(22)27)39(37,38)34-24-8-11-32-17-33-24/h3,5-6,8,11,13-15,17H,4,7,9-10,12,16H2,1-2H3,(H,32,33,34)/t25-/m0/s1. The third kappa shape index (κ3) is 6.47. The van der Waals surface area contributed by atoms with Gasteiger partial charge in [0.15, 0.2) is 0 Å². The van der Waals surface area contributed by atoms with Gasteiger partial charge in [-0.15, -0.1) is 0 Å². The fourth-order valence-electron chi connectivity index (χ4n) is 4.90. The number of aromatic nitrogens is 2. The van der Waals surface area contributed by atoms with Gasteiger partial charge >= 0.3 is 6.18 Å². The van der Waals surface area contributed by atoms with Crippen LogP contribution in [0.1, 0.15) is 30.4 Å². The van der Waals surface area contributed by atoms with E-state index in [-0.39, 0.29) is 18.1 Å². The van der Waals surface area contributed by atoms with Crippen molar-refractivity contribution in [2.45, 2.75) is 42.3 Å². The van der Waals surface area contributed by atoms with Gasteiger partial charge in [-0.2, -0.15) is 13.2 Å². The minimum atomic E-state index is -4.47. The number of halogens is 5. The molecule has 2 heterocycles. The van der Waals surface area contributed by atoms with Crippen molar-refractivity contribution in [3.8, 4) is 0 Å². The molecule has 1 aromatic heterocycles. The van der Waals surface area contributed by atoms with E-state index >= 15 is 8.78 Å². The monoisotopic (exact) mass is 569 g/mol. The fourth-order valence-corrected chi connectivity index (χ4v) is 5.98. The van der Waals surface area contributed by atoms with E-state index in [4.69, 9.17) is 0 Å². The van der Waals surface area contributed by atoms with Gasteiger partial charge < -0.3 is 9.80 Å². The van der Waals surface area contributed by atoms with Gasteiger partial charge in [0.2, 0.25) is 0 Å². The zero-order chi connectivity index (χ0) is 28.4. The molecule has 1 aliphatic heterocycles. The summed E-state index contributed by atoms with van der Waals surface area (Å²) in [6.07, 6.45) is 0.133. The average molecular weight is 570 g/mol. The molecule has 0 unspecified atom stereocenters. The van der Waals surface area contributed by atoms with Gasteiger partial charge in [0.05, 0.1) is 11.3 Å². The number of nitrogens with one attached hydrogen (secondary N) is 1. The van der Waals surface area contributed by atoms with Crippen LogP contribution in [0.25, 0.3) is 0 Å². The lowest BCUT2D eigenvalue weighted by Crippen LogP contribution is -2.56. The number of benzene rings is 2. The Bertz CT molecular complexity index is 1420. The summed E-state index contributed by atoms with van der Waals surface area (Å²) < 4.78 is 97.3. The smallest absolute Gasteiger partial charge is 0.367 e. The summed E-state index contributed by atoms with van der Waals surface area (Å²) in [5.41, 5.74) is -0.801. The molecule has 1 saturated heterocycles. The van der Waals surface area contributed by atoms with Gasteiger partial charge in [-0.3, -0.25) is 4.72 Å². The highest BCUT2D eigenvalue weighted by molar-refractivity contribution is 7.92. The molecule has 1 atom stereocenters. The average Bonchev–Trinajstić information content (AvgIpc) is 2.88. The molecule has 1 N–H and O–H groups in total. The van der Waals surface area contributed by atoms with Crippen molar-refractivity contribution in [2.75, 3.05) is 36.8 Å². The van der Waals surface area contributed by atoms with E-state index in [1.54, 1.807) is 11.0 Å². The van der Waals surface area contributed by atoms with Crippen LogP contribution in [0.5, 0.6) is 0 Å². The maximum absolute atomic E-state index is 15.3. The largest absolute Gasteiger partial charge is 0.416 e. The SMILES string of the molecule is CN(C)[C@]1(CCc2cccc(C(F)(F)F)c2)CCCN(c2cc(F)c(S(=O)(=O)Nc3ccncn3)cc2F)C1. The number of sulfonamides is 1. The minimum absolute atomic E-state index is 0.0847. The first-order valence-corrected chi connectivity index (χ1v) is 13.7. The third-order valence-corrected chi connectivity index (χ3v) is 8.46. The van der Waals surface area contributed by atoms with Crippen LogP contribution < -0.4 is 9.62 Å². The Balaban J connectivity index is 1.56. The van der Waals surface area contributed by atoms with Crippen LogP contribution in [0.2, 0.25) is 0 Å². The number of hydrogen-bond donors (Lipinski definition) is 1. The van der Waals surface area contributed by atoms with E-state index < -0.39 is 43.8 Å². The van der Waals surface area contributed by atoms with Crippen LogP contribution >= 0.6 is 0 Å². The van der Waals surface area contributed by atoms with E-state index in [1.165, 1.54) is 18.3 Å². The number of alkyl halides is 3. The predicted octanol–water partition coefficient (Wildman–Crippen LogP) is 5.11. The molecular weight excluding hydrogens is 541 g/mol. The first-order chi connectivity index (χ1) is 18.3. The maximum atomic E-state index is 15.3. The lowest BCUT2D eigenvalue weighted by molar-refractivity contribution is -0.137. The van der Waals surface area contributed by atoms with Crippen molar-refractivity contribution in [3.05, 3.63) is 77.8 Å². The lowest BCUT2D eigenvalue weighted by Gasteiger charge is -2.48. The van der Waals surface area contributed by atoms with Crippen molar-refractivity contribution in [3.63, 3.8) is 0 Å². The molecule has 210 valence electrons. The molecule has 0 bridgehead atoms. The highest BCUT2D eigenvalue weighted by Crippen LogP contribution is 2.36. The molecule has 2 aromatic carbocycles. The minimum Gasteiger partial charge on any atom is -0.367 e. The van der Waals surface area contributed by atoms with Gasteiger partial charge in [-0.1, -0.05) is 18.2 Å². The van der Waals surface area contributed by atoms with Crippen LogP contribution in [0, 0.1) is 11.6 Å². The number of anilines is 2. The Morgan fingerprint density at radius 3 is 2.54 bits per heavy atom. The second-order valence-corrected chi connectivity index (χ2v) is 11.4. The van der Waals surface area contributed by atoms with Gasteiger partial charge in [0.1, 0.15) is 28.7 Å². The van der Waals surface area contributed by atoms with E-state index in [9.17, 15) is 21.6 Å². The van der Waals surface area contributed by atoms with Crippen LogP contribution in [0.15, 0.2) is 59.9 Å². The molecule has 3 aromatic rings. The predicted molar refractivity (Wildman–Crippen MR) is 137 cm³/mol. The van der Waals surface area contributed by atoms with Crippen LogP contribution in [-0.2, 0) is 22.6 Å². The van der Waals surface area contributed by atoms with Crippen LogP contribution in [-0.4, -0.2) is 56.0 Å². The first kappa shape index (κ1) is 28.7. The summed E-state index contributed by atoms with van der Waals surface area (Å²) in [4.78, 5) is 10.2. The highest BCUT2D eigenvalue weighted by atomic mass is 32.2. The van der Waals surface area contributed by atoms with Crippen molar-refractivity contribution >= 4 is 21.5 Å². The Hall–Kier alpha value is -3.32. The number of nitrogens with zero attached hydrogens (tertiary/aromatic N) is 4. The van der Waals surface area contributed by atoms with Crippen LogP contribution in [0.3, 0.4) is 0 Å².